The molecule has 0 unspecified atom stereocenters. The van der Waals surface area contributed by atoms with Gasteiger partial charge in [-0.3, -0.25) is 0 Å². The lowest BCUT2D eigenvalue weighted by atomic mass is 9.96. The Bertz CT molecular complexity index is 110. The maximum Gasteiger partial charge on any atom is -0.0200 e. The van der Waals surface area contributed by atoms with E-state index >= 15 is 0 Å². The number of rotatable bonds is 1. The zero-order valence-corrected chi connectivity index (χ0v) is 6.81. The summed E-state index contributed by atoms with van der Waals surface area (Å²) in [6.45, 7) is 8.58. The van der Waals surface area contributed by atoms with Gasteiger partial charge in [0.15, 0.2) is 0 Å². The third kappa shape index (κ3) is 7.48. The van der Waals surface area contributed by atoms with Crippen LogP contribution in [0.25, 0.3) is 0 Å². The first-order chi connectivity index (χ1) is 4.06. The van der Waals surface area contributed by atoms with Crippen LogP contribution in [0, 0.1) is 5.41 Å². The van der Waals surface area contributed by atoms with Crippen LogP contribution in [0.4, 0.5) is 0 Å². The van der Waals surface area contributed by atoms with Crippen LogP contribution in [0.15, 0.2) is 24.3 Å². The largest absolute Gasteiger partial charge is 0.0877 e. The molecule has 0 aliphatic carbocycles. The fraction of sp³-hybridized carbons (Fsp3) is 0.556. The van der Waals surface area contributed by atoms with E-state index in [1.807, 2.05) is 19.1 Å². The number of hydrogen-bond acceptors (Lipinski definition) is 0. The third-order valence-electron chi connectivity index (χ3n) is 0.900. The fourth-order valence-corrected chi connectivity index (χ4v) is 0.455. The van der Waals surface area contributed by atoms with Crippen LogP contribution < -0.4 is 0 Å². The molecule has 0 atom stereocenters. The highest BCUT2D eigenvalue weighted by molar-refractivity contribution is 5.04. The van der Waals surface area contributed by atoms with Gasteiger partial charge in [0, 0.05) is 0 Å². The molecule has 0 aromatic rings. The van der Waals surface area contributed by atoms with E-state index in [-0.39, 0.29) is 0 Å². The normalized spacial score (nSPS) is 13.8. The van der Waals surface area contributed by atoms with E-state index in [2.05, 4.69) is 32.9 Å². The smallest absolute Gasteiger partial charge is 0.0200 e. The van der Waals surface area contributed by atoms with Gasteiger partial charge in [-0.05, 0) is 12.3 Å². The van der Waals surface area contributed by atoms with E-state index < -0.39 is 0 Å². The second kappa shape index (κ2) is 3.49. The molecule has 0 heterocycles. The molecular formula is C9H16. The Balaban J connectivity index is 3.71. The summed E-state index contributed by atoms with van der Waals surface area (Å²) in [4.78, 5) is 0. The second-order valence-electron chi connectivity index (χ2n) is 3.25. The standard InChI is InChI=1S/C9H16/c1-5-6-7-8-9(2,3)4/h5-8H,1-4H3/b6-5-,8-7-. The van der Waals surface area contributed by atoms with E-state index in [9.17, 15) is 0 Å². The lowest BCUT2D eigenvalue weighted by Crippen LogP contribution is -1.97. The summed E-state index contributed by atoms with van der Waals surface area (Å²) in [5, 5.41) is 0. The van der Waals surface area contributed by atoms with Gasteiger partial charge in [-0.15, -0.1) is 0 Å². The zero-order valence-electron chi connectivity index (χ0n) is 6.81. The molecule has 0 aromatic heterocycles. The fourth-order valence-electron chi connectivity index (χ4n) is 0.455. The lowest BCUT2D eigenvalue weighted by Gasteiger charge is -2.09. The quantitative estimate of drug-likeness (QED) is 0.471. The maximum absolute atomic E-state index is 2.19. The molecule has 0 aliphatic heterocycles. The first kappa shape index (κ1) is 8.48. The molecule has 0 N–H and O–H groups in total. The SMILES string of the molecule is C/C=C\C=C/C(C)(C)C. The molecule has 0 radical (unpaired) electrons. The average Bonchev–Trinajstić information content (AvgIpc) is 1.63. The van der Waals surface area contributed by atoms with Gasteiger partial charge in [-0.2, -0.15) is 0 Å². The van der Waals surface area contributed by atoms with Crippen LogP contribution in [0.5, 0.6) is 0 Å². The topological polar surface area (TPSA) is 0 Å². The summed E-state index contributed by atoms with van der Waals surface area (Å²) in [5.41, 5.74) is 0.319. The molecule has 0 spiro atoms. The van der Waals surface area contributed by atoms with E-state index in [4.69, 9.17) is 0 Å². The molecule has 52 valence electrons. The molecule has 0 saturated heterocycles. The van der Waals surface area contributed by atoms with Gasteiger partial charge in [0.25, 0.3) is 0 Å². The van der Waals surface area contributed by atoms with Crippen molar-refractivity contribution in [1.29, 1.82) is 0 Å². The predicted molar refractivity (Wildman–Crippen MR) is 43.4 cm³/mol. The van der Waals surface area contributed by atoms with E-state index in [1.54, 1.807) is 0 Å². The molecule has 0 rings (SSSR count). The zero-order chi connectivity index (χ0) is 7.33. The van der Waals surface area contributed by atoms with Gasteiger partial charge in [-0.1, -0.05) is 45.1 Å². The monoisotopic (exact) mass is 124 g/mol. The van der Waals surface area contributed by atoms with E-state index in [0.29, 0.717) is 5.41 Å². The Morgan fingerprint density at radius 2 is 1.56 bits per heavy atom. The summed E-state index contributed by atoms with van der Waals surface area (Å²) in [5.74, 6) is 0. The van der Waals surface area contributed by atoms with Crippen LogP contribution >= 0.6 is 0 Å². The van der Waals surface area contributed by atoms with Gasteiger partial charge < -0.3 is 0 Å². The summed E-state index contributed by atoms with van der Waals surface area (Å²) >= 11 is 0. The minimum atomic E-state index is 0.319. The van der Waals surface area contributed by atoms with Gasteiger partial charge in [0.05, 0.1) is 0 Å². The Kier molecular flexibility index (Phi) is 3.29. The first-order valence-corrected chi connectivity index (χ1v) is 3.37. The van der Waals surface area contributed by atoms with Crippen molar-refractivity contribution in [3.63, 3.8) is 0 Å². The third-order valence-corrected chi connectivity index (χ3v) is 0.900. The van der Waals surface area contributed by atoms with Crippen LogP contribution in [0.2, 0.25) is 0 Å². The van der Waals surface area contributed by atoms with Crippen LogP contribution in [0.3, 0.4) is 0 Å². The van der Waals surface area contributed by atoms with Gasteiger partial charge in [0.2, 0.25) is 0 Å². The second-order valence-corrected chi connectivity index (χ2v) is 3.25. The Labute approximate surface area is 58.3 Å². The van der Waals surface area contributed by atoms with Crippen molar-refractivity contribution in [2.45, 2.75) is 27.7 Å². The molecule has 9 heavy (non-hydrogen) atoms. The predicted octanol–water partition coefficient (Wildman–Crippen LogP) is 3.16. The van der Waals surface area contributed by atoms with E-state index in [1.165, 1.54) is 0 Å². The molecule has 0 bridgehead atoms. The summed E-state index contributed by atoms with van der Waals surface area (Å²) in [6.07, 6.45) is 8.35. The maximum atomic E-state index is 2.19. The van der Waals surface area contributed by atoms with Crippen molar-refractivity contribution in [3.8, 4) is 0 Å². The molecule has 0 aliphatic rings. The Morgan fingerprint density at radius 1 is 1.00 bits per heavy atom. The van der Waals surface area contributed by atoms with E-state index in [0.717, 1.165) is 0 Å². The number of hydrogen-bond donors (Lipinski definition) is 0. The minimum absolute atomic E-state index is 0.319. The van der Waals surface area contributed by atoms with Crippen LogP contribution in [-0.2, 0) is 0 Å². The van der Waals surface area contributed by atoms with Crippen molar-refractivity contribution in [3.05, 3.63) is 24.3 Å². The molecule has 0 aromatic carbocycles. The molecule has 0 amide bonds. The highest BCUT2D eigenvalue weighted by Crippen LogP contribution is 2.13. The van der Waals surface area contributed by atoms with Crippen LogP contribution in [-0.4, -0.2) is 0 Å². The molecule has 0 saturated carbocycles. The number of allylic oxidation sites excluding steroid dienone is 4. The highest BCUT2D eigenvalue weighted by Gasteiger charge is 2.01. The molecule has 0 nitrogen and oxygen atoms in total. The Morgan fingerprint density at radius 3 is 1.89 bits per heavy atom. The van der Waals surface area contributed by atoms with Crippen molar-refractivity contribution < 1.29 is 0 Å². The minimum Gasteiger partial charge on any atom is -0.0877 e. The van der Waals surface area contributed by atoms with Crippen molar-refractivity contribution in [1.82, 2.24) is 0 Å². The molecule has 0 fully saturated rings. The van der Waals surface area contributed by atoms with Gasteiger partial charge in [0.1, 0.15) is 0 Å². The van der Waals surface area contributed by atoms with Gasteiger partial charge in [-0.25, -0.2) is 0 Å². The van der Waals surface area contributed by atoms with Crippen molar-refractivity contribution >= 4 is 0 Å². The molecule has 0 heteroatoms. The van der Waals surface area contributed by atoms with Crippen molar-refractivity contribution in [2.24, 2.45) is 5.41 Å². The van der Waals surface area contributed by atoms with Gasteiger partial charge >= 0.3 is 0 Å². The summed E-state index contributed by atoms with van der Waals surface area (Å²) < 4.78 is 0. The highest BCUT2D eigenvalue weighted by atomic mass is 14.1. The first-order valence-electron chi connectivity index (χ1n) is 3.37. The van der Waals surface area contributed by atoms with Crippen molar-refractivity contribution in [2.75, 3.05) is 0 Å². The lowest BCUT2D eigenvalue weighted by molar-refractivity contribution is 0.544. The average molecular weight is 124 g/mol. The summed E-state index contributed by atoms with van der Waals surface area (Å²) in [6, 6.07) is 0. The van der Waals surface area contributed by atoms with Crippen LogP contribution in [0.1, 0.15) is 27.7 Å². The Hall–Kier alpha value is -0.520. The summed E-state index contributed by atoms with van der Waals surface area (Å²) in [7, 11) is 0. The molecular weight excluding hydrogens is 108 g/mol.